The van der Waals surface area contributed by atoms with Crippen molar-refractivity contribution in [3.05, 3.63) is 64.7 Å². The number of aliphatic hydroxyl groups excluding tert-OH is 1. The third kappa shape index (κ3) is 4.66. The molecule has 0 atom stereocenters. The van der Waals surface area contributed by atoms with E-state index in [4.69, 9.17) is 9.84 Å². The van der Waals surface area contributed by atoms with E-state index in [1.54, 1.807) is 0 Å². The van der Waals surface area contributed by atoms with Crippen molar-refractivity contribution in [1.82, 2.24) is 0 Å². The smallest absolute Gasteiger partial charge is 0.122 e. The Bertz CT molecular complexity index is 663. The van der Waals surface area contributed by atoms with E-state index >= 15 is 0 Å². The highest BCUT2D eigenvalue weighted by Crippen LogP contribution is 2.20. The van der Waals surface area contributed by atoms with Crippen LogP contribution in [0.3, 0.4) is 0 Å². The van der Waals surface area contributed by atoms with E-state index in [2.05, 4.69) is 37.8 Å². The number of aliphatic hydroxyl groups is 1. The quantitative estimate of drug-likeness (QED) is 0.867. The minimum atomic E-state index is 0.0997. The monoisotopic (exact) mass is 280 g/mol. The second-order valence-corrected chi connectivity index (χ2v) is 5.03. The van der Waals surface area contributed by atoms with Gasteiger partial charge in [0.05, 0.1) is 6.61 Å². The normalized spacial score (nSPS) is 9.86. The SMILES string of the molecule is Cc1ccc(OCc2cccc(C#CCCO)c2)c(C)c1. The minimum Gasteiger partial charge on any atom is -0.489 e. The highest BCUT2D eigenvalue weighted by molar-refractivity contribution is 5.38. The molecule has 0 aliphatic carbocycles. The summed E-state index contributed by atoms with van der Waals surface area (Å²) in [7, 11) is 0. The Hall–Kier alpha value is -2.24. The third-order valence-corrected chi connectivity index (χ3v) is 3.12. The maximum atomic E-state index is 8.73. The maximum absolute atomic E-state index is 8.73. The predicted octanol–water partition coefficient (Wildman–Crippen LogP) is 3.62. The van der Waals surface area contributed by atoms with Gasteiger partial charge in [-0.25, -0.2) is 0 Å². The van der Waals surface area contributed by atoms with E-state index < -0.39 is 0 Å². The average Bonchev–Trinajstić information content (AvgIpc) is 2.47. The van der Waals surface area contributed by atoms with Gasteiger partial charge in [-0.2, -0.15) is 0 Å². The Labute approximate surface area is 126 Å². The van der Waals surface area contributed by atoms with Crippen LogP contribution in [-0.2, 0) is 6.61 Å². The fraction of sp³-hybridized carbons (Fsp3) is 0.263. The Balaban J connectivity index is 2.03. The van der Waals surface area contributed by atoms with Crippen molar-refractivity contribution in [1.29, 1.82) is 0 Å². The Morgan fingerprint density at radius 1 is 1.10 bits per heavy atom. The molecule has 0 aromatic heterocycles. The lowest BCUT2D eigenvalue weighted by Crippen LogP contribution is -1.97. The van der Waals surface area contributed by atoms with E-state index in [9.17, 15) is 0 Å². The first-order chi connectivity index (χ1) is 10.2. The summed E-state index contributed by atoms with van der Waals surface area (Å²) in [5, 5.41) is 8.73. The van der Waals surface area contributed by atoms with Gasteiger partial charge in [0.15, 0.2) is 0 Å². The van der Waals surface area contributed by atoms with E-state index in [-0.39, 0.29) is 6.61 Å². The molecule has 0 saturated heterocycles. The molecule has 0 bridgehead atoms. The highest BCUT2D eigenvalue weighted by atomic mass is 16.5. The Morgan fingerprint density at radius 2 is 1.95 bits per heavy atom. The third-order valence-electron chi connectivity index (χ3n) is 3.12. The number of ether oxygens (including phenoxy) is 1. The molecule has 108 valence electrons. The molecule has 21 heavy (non-hydrogen) atoms. The standard InChI is InChI=1S/C19H20O2/c1-15-9-10-19(16(2)12-15)21-14-18-8-5-7-17(13-18)6-3-4-11-20/h5,7-10,12-13,20H,4,11,14H2,1-2H3. The lowest BCUT2D eigenvalue weighted by atomic mass is 10.1. The van der Waals surface area contributed by atoms with Gasteiger partial charge >= 0.3 is 0 Å². The van der Waals surface area contributed by atoms with E-state index in [1.165, 1.54) is 5.56 Å². The molecule has 2 aromatic carbocycles. The lowest BCUT2D eigenvalue weighted by Gasteiger charge is -2.10. The molecule has 2 aromatic rings. The number of rotatable bonds is 4. The zero-order valence-corrected chi connectivity index (χ0v) is 12.5. The summed E-state index contributed by atoms with van der Waals surface area (Å²) in [6.45, 7) is 4.76. The predicted molar refractivity (Wildman–Crippen MR) is 85.3 cm³/mol. The van der Waals surface area contributed by atoms with Crippen molar-refractivity contribution in [2.75, 3.05) is 6.61 Å². The van der Waals surface area contributed by atoms with Gasteiger partial charge in [0.25, 0.3) is 0 Å². The van der Waals surface area contributed by atoms with Crippen LogP contribution in [0.5, 0.6) is 5.75 Å². The Kier molecular flexibility index (Phi) is 5.43. The van der Waals surface area contributed by atoms with Crippen LogP contribution in [0.25, 0.3) is 0 Å². The number of benzene rings is 2. The molecule has 0 spiro atoms. The zero-order valence-electron chi connectivity index (χ0n) is 12.5. The van der Waals surface area contributed by atoms with Gasteiger partial charge in [0, 0.05) is 12.0 Å². The summed E-state index contributed by atoms with van der Waals surface area (Å²) in [6, 6.07) is 14.2. The molecule has 0 radical (unpaired) electrons. The van der Waals surface area contributed by atoms with Crippen molar-refractivity contribution in [3.63, 3.8) is 0 Å². The van der Waals surface area contributed by atoms with Crippen LogP contribution in [0.4, 0.5) is 0 Å². The Morgan fingerprint density at radius 3 is 2.71 bits per heavy atom. The molecule has 0 aliphatic heterocycles. The highest BCUT2D eigenvalue weighted by Gasteiger charge is 2.01. The first kappa shape index (κ1) is 15.2. The van der Waals surface area contributed by atoms with Gasteiger partial charge in [-0.1, -0.05) is 41.7 Å². The first-order valence-electron chi connectivity index (χ1n) is 7.08. The van der Waals surface area contributed by atoms with Crippen LogP contribution in [-0.4, -0.2) is 11.7 Å². The second-order valence-electron chi connectivity index (χ2n) is 5.03. The molecule has 2 heteroatoms. The van der Waals surface area contributed by atoms with Crippen molar-refractivity contribution < 1.29 is 9.84 Å². The van der Waals surface area contributed by atoms with Crippen LogP contribution < -0.4 is 4.74 Å². The summed E-state index contributed by atoms with van der Waals surface area (Å²) in [6.07, 6.45) is 0.503. The van der Waals surface area contributed by atoms with Crippen molar-refractivity contribution in [2.24, 2.45) is 0 Å². The molecule has 2 nitrogen and oxygen atoms in total. The summed E-state index contributed by atoms with van der Waals surface area (Å²) in [5.74, 6) is 6.88. The van der Waals surface area contributed by atoms with Gasteiger partial charge in [-0.15, -0.1) is 0 Å². The molecule has 0 heterocycles. The molecule has 2 rings (SSSR count). The van der Waals surface area contributed by atoms with E-state index in [0.717, 1.165) is 22.4 Å². The van der Waals surface area contributed by atoms with Crippen LogP contribution in [0, 0.1) is 25.7 Å². The molecule has 1 N–H and O–H groups in total. The van der Waals surface area contributed by atoms with E-state index in [0.29, 0.717) is 13.0 Å². The summed E-state index contributed by atoms with van der Waals surface area (Å²) < 4.78 is 5.87. The van der Waals surface area contributed by atoms with Gasteiger partial charge < -0.3 is 9.84 Å². The van der Waals surface area contributed by atoms with Crippen molar-refractivity contribution >= 4 is 0 Å². The average molecular weight is 280 g/mol. The first-order valence-corrected chi connectivity index (χ1v) is 7.08. The summed E-state index contributed by atoms with van der Waals surface area (Å²) >= 11 is 0. The van der Waals surface area contributed by atoms with Crippen LogP contribution in [0.15, 0.2) is 42.5 Å². The van der Waals surface area contributed by atoms with Crippen LogP contribution >= 0.6 is 0 Å². The van der Waals surface area contributed by atoms with Gasteiger partial charge in [0.1, 0.15) is 12.4 Å². The molecular weight excluding hydrogens is 260 g/mol. The number of aryl methyl sites for hydroxylation is 2. The molecule has 0 aliphatic rings. The summed E-state index contributed by atoms with van der Waals surface area (Å²) in [4.78, 5) is 0. The second kappa shape index (κ2) is 7.52. The van der Waals surface area contributed by atoms with Gasteiger partial charge in [0.2, 0.25) is 0 Å². The van der Waals surface area contributed by atoms with Gasteiger partial charge in [-0.3, -0.25) is 0 Å². The fourth-order valence-electron chi connectivity index (χ4n) is 2.08. The molecule has 0 saturated carbocycles. The maximum Gasteiger partial charge on any atom is 0.122 e. The minimum absolute atomic E-state index is 0.0997. The van der Waals surface area contributed by atoms with Gasteiger partial charge in [-0.05, 0) is 43.2 Å². The molecule has 0 amide bonds. The largest absolute Gasteiger partial charge is 0.489 e. The number of hydrogen-bond donors (Lipinski definition) is 1. The summed E-state index contributed by atoms with van der Waals surface area (Å²) in [5.41, 5.74) is 4.42. The lowest BCUT2D eigenvalue weighted by molar-refractivity contribution is 0.304. The van der Waals surface area contributed by atoms with Crippen molar-refractivity contribution in [2.45, 2.75) is 26.9 Å². The molecular formula is C19H20O2. The fourth-order valence-corrected chi connectivity index (χ4v) is 2.08. The zero-order chi connectivity index (χ0) is 15.1. The molecule has 0 unspecified atom stereocenters. The van der Waals surface area contributed by atoms with Crippen molar-refractivity contribution in [3.8, 4) is 17.6 Å². The van der Waals surface area contributed by atoms with Crippen LogP contribution in [0.1, 0.15) is 28.7 Å². The topological polar surface area (TPSA) is 29.5 Å². The number of hydrogen-bond acceptors (Lipinski definition) is 2. The molecule has 0 fully saturated rings. The van der Waals surface area contributed by atoms with E-state index in [1.807, 2.05) is 30.3 Å². The van der Waals surface area contributed by atoms with Crippen LogP contribution in [0.2, 0.25) is 0 Å².